The van der Waals surface area contributed by atoms with Gasteiger partial charge in [0, 0.05) is 37.6 Å². The number of benzene rings is 1. The molecule has 108 valence electrons. The Balaban J connectivity index is 2.16. The molecule has 6 nitrogen and oxygen atoms in total. The van der Waals surface area contributed by atoms with Crippen molar-refractivity contribution in [3.8, 4) is 11.5 Å². The molecule has 0 saturated carbocycles. The van der Waals surface area contributed by atoms with Crippen molar-refractivity contribution in [3.05, 3.63) is 23.8 Å². The molecule has 0 atom stereocenters. The molecule has 1 aliphatic heterocycles. The van der Waals surface area contributed by atoms with Crippen LogP contribution in [0.25, 0.3) is 0 Å². The van der Waals surface area contributed by atoms with E-state index in [0.29, 0.717) is 43.0 Å². The molecule has 0 aliphatic carbocycles. The number of carbonyl (C=O) groups is 1. The van der Waals surface area contributed by atoms with Gasteiger partial charge in [0.1, 0.15) is 11.5 Å². The van der Waals surface area contributed by atoms with Gasteiger partial charge >= 0.3 is 0 Å². The average molecular weight is 278 g/mol. The highest BCUT2D eigenvalue weighted by atomic mass is 16.5. The first kappa shape index (κ1) is 14.2. The molecule has 1 aromatic carbocycles. The highest BCUT2D eigenvalue weighted by Crippen LogP contribution is 2.24. The van der Waals surface area contributed by atoms with Crippen molar-refractivity contribution in [2.24, 2.45) is 5.16 Å². The van der Waals surface area contributed by atoms with Gasteiger partial charge in [0.15, 0.2) is 0 Å². The van der Waals surface area contributed by atoms with Crippen LogP contribution < -0.4 is 9.47 Å². The van der Waals surface area contributed by atoms with Crippen molar-refractivity contribution < 1.29 is 19.5 Å². The summed E-state index contributed by atoms with van der Waals surface area (Å²) in [5.41, 5.74) is 1.27. The Kier molecular flexibility index (Phi) is 4.45. The highest BCUT2D eigenvalue weighted by molar-refractivity contribution is 5.96. The first-order valence-electron chi connectivity index (χ1n) is 6.40. The van der Waals surface area contributed by atoms with Gasteiger partial charge in [0.2, 0.25) is 0 Å². The number of hydrogen-bond acceptors (Lipinski definition) is 5. The standard InChI is InChI=1S/C14H18N2O4/c1-19-12-7-10(8-13(9-12)20-2)14(17)16-5-3-11(15-18)4-6-16/h7-9,18H,3-6H2,1-2H3. The molecule has 0 radical (unpaired) electrons. The minimum Gasteiger partial charge on any atom is -0.497 e. The zero-order chi connectivity index (χ0) is 14.5. The van der Waals surface area contributed by atoms with Gasteiger partial charge in [-0.15, -0.1) is 0 Å². The number of methoxy groups -OCH3 is 2. The van der Waals surface area contributed by atoms with Crippen LogP contribution in [0.15, 0.2) is 23.4 Å². The Morgan fingerprint density at radius 2 is 1.70 bits per heavy atom. The van der Waals surface area contributed by atoms with Gasteiger partial charge in [-0.05, 0) is 12.1 Å². The summed E-state index contributed by atoms with van der Waals surface area (Å²) in [7, 11) is 3.10. The highest BCUT2D eigenvalue weighted by Gasteiger charge is 2.22. The van der Waals surface area contributed by atoms with Gasteiger partial charge < -0.3 is 19.6 Å². The summed E-state index contributed by atoms with van der Waals surface area (Å²) in [4.78, 5) is 14.2. The Morgan fingerprint density at radius 3 is 2.15 bits per heavy atom. The molecule has 1 amide bonds. The number of ether oxygens (including phenoxy) is 2. The molecule has 1 N–H and O–H groups in total. The number of likely N-dealkylation sites (tertiary alicyclic amines) is 1. The Labute approximate surface area is 117 Å². The summed E-state index contributed by atoms with van der Waals surface area (Å²) in [5, 5.41) is 11.9. The summed E-state index contributed by atoms with van der Waals surface area (Å²) in [5.74, 6) is 1.10. The van der Waals surface area contributed by atoms with Crippen LogP contribution in [0.5, 0.6) is 11.5 Å². The molecule has 1 heterocycles. The van der Waals surface area contributed by atoms with Crippen LogP contribution in [0.4, 0.5) is 0 Å². The third-order valence-electron chi connectivity index (χ3n) is 3.37. The number of nitrogens with zero attached hydrogens (tertiary/aromatic N) is 2. The van der Waals surface area contributed by atoms with Crippen LogP contribution in [0, 0.1) is 0 Å². The van der Waals surface area contributed by atoms with Gasteiger partial charge in [-0.1, -0.05) is 5.16 Å². The zero-order valence-electron chi connectivity index (χ0n) is 11.6. The van der Waals surface area contributed by atoms with E-state index in [0.717, 1.165) is 5.71 Å². The topological polar surface area (TPSA) is 71.4 Å². The Hall–Kier alpha value is -2.24. The molecule has 1 aliphatic rings. The van der Waals surface area contributed by atoms with E-state index in [-0.39, 0.29) is 5.91 Å². The third-order valence-corrected chi connectivity index (χ3v) is 3.37. The maximum absolute atomic E-state index is 12.4. The van der Waals surface area contributed by atoms with E-state index in [1.807, 2.05) is 0 Å². The zero-order valence-corrected chi connectivity index (χ0v) is 11.6. The van der Waals surface area contributed by atoms with E-state index in [1.165, 1.54) is 0 Å². The van der Waals surface area contributed by atoms with Crippen LogP contribution in [0.1, 0.15) is 23.2 Å². The van der Waals surface area contributed by atoms with Crippen molar-refractivity contribution >= 4 is 11.6 Å². The summed E-state index contributed by atoms with van der Waals surface area (Å²) in [6.45, 7) is 1.11. The van der Waals surface area contributed by atoms with Crippen molar-refractivity contribution in [3.63, 3.8) is 0 Å². The molecular weight excluding hydrogens is 260 g/mol. The fraction of sp³-hybridized carbons (Fsp3) is 0.429. The van der Waals surface area contributed by atoms with Gasteiger partial charge in [-0.3, -0.25) is 4.79 Å². The number of hydrogen-bond donors (Lipinski definition) is 1. The SMILES string of the molecule is COc1cc(OC)cc(C(=O)N2CCC(=NO)CC2)c1. The lowest BCUT2D eigenvalue weighted by molar-refractivity contribution is 0.0753. The minimum absolute atomic E-state index is 0.0702. The molecule has 2 rings (SSSR count). The van der Waals surface area contributed by atoms with Gasteiger partial charge in [0.05, 0.1) is 19.9 Å². The number of piperidine rings is 1. The summed E-state index contributed by atoms with van der Waals surface area (Å²) < 4.78 is 10.3. The third kappa shape index (κ3) is 3.01. The lowest BCUT2D eigenvalue weighted by Crippen LogP contribution is -2.38. The van der Waals surface area contributed by atoms with Crippen molar-refractivity contribution in [2.45, 2.75) is 12.8 Å². The molecule has 1 aromatic rings. The first-order chi connectivity index (χ1) is 9.67. The number of carbonyl (C=O) groups excluding carboxylic acids is 1. The first-order valence-corrected chi connectivity index (χ1v) is 6.40. The molecule has 1 saturated heterocycles. The van der Waals surface area contributed by atoms with Gasteiger partial charge in [-0.2, -0.15) is 0 Å². The molecule has 0 spiro atoms. The maximum atomic E-state index is 12.4. The maximum Gasteiger partial charge on any atom is 0.254 e. The average Bonchev–Trinajstić information content (AvgIpc) is 2.53. The molecule has 0 unspecified atom stereocenters. The number of rotatable bonds is 3. The fourth-order valence-electron chi connectivity index (χ4n) is 2.18. The normalized spacial score (nSPS) is 14.9. The Bertz CT molecular complexity index is 496. The quantitative estimate of drug-likeness (QED) is 0.675. The number of amides is 1. The van der Waals surface area contributed by atoms with E-state index in [9.17, 15) is 4.79 Å². The molecular formula is C14H18N2O4. The smallest absolute Gasteiger partial charge is 0.254 e. The molecule has 6 heteroatoms. The molecule has 0 aromatic heterocycles. The van der Waals surface area contributed by atoms with Crippen LogP contribution in [0.3, 0.4) is 0 Å². The second-order valence-electron chi connectivity index (χ2n) is 4.56. The predicted molar refractivity (Wildman–Crippen MR) is 73.9 cm³/mol. The van der Waals surface area contributed by atoms with Crippen LogP contribution in [0.2, 0.25) is 0 Å². The summed E-state index contributed by atoms with van der Waals surface area (Å²) in [6, 6.07) is 5.12. The lowest BCUT2D eigenvalue weighted by atomic mass is 10.1. The summed E-state index contributed by atoms with van der Waals surface area (Å²) in [6.07, 6.45) is 1.20. The van der Waals surface area contributed by atoms with E-state index in [4.69, 9.17) is 14.7 Å². The van der Waals surface area contributed by atoms with Crippen molar-refractivity contribution in [1.82, 2.24) is 4.90 Å². The number of oxime groups is 1. The molecule has 1 fully saturated rings. The fourth-order valence-corrected chi connectivity index (χ4v) is 2.18. The molecule has 20 heavy (non-hydrogen) atoms. The summed E-state index contributed by atoms with van der Waals surface area (Å²) >= 11 is 0. The molecule has 0 bridgehead atoms. The monoisotopic (exact) mass is 278 g/mol. The van der Waals surface area contributed by atoms with Crippen molar-refractivity contribution in [2.75, 3.05) is 27.3 Å². The van der Waals surface area contributed by atoms with Crippen LogP contribution in [-0.2, 0) is 0 Å². The van der Waals surface area contributed by atoms with E-state index >= 15 is 0 Å². The largest absolute Gasteiger partial charge is 0.497 e. The lowest BCUT2D eigenvalue weighted by Gasteiger charge is -2.27. The van der Waals surface area contributed by atoms with E-state index in [2.05, 4.69) is 5.16 Å². The Morgan fingerprint density at radius 1 is 1.15 bits per heavy atom. The second kappa shape index (κ2) is 6.27. The second-order valence-corrected chi connectivity index (χ2v) is 4.56. The van der Waals surface area contributed by atoms with Gasteiger partial charge in [0.25, 0.3) is 5.91 Å². The van der Waals surface area contributed by atoms with E-state index in [1.54, 1.807) is 37.3 Å². The van der Waals surface area contributed by atoms with E-state index < -0.39 is 0 Å². The van der Waals surface area contributed by atoms with Crippen LogP contribution >= 0.6 is 0 Å². The van der Waals surface area contributed by atoms with Crippen LogP contribution in [-0.4, -0.2) is 49.0 Å². The van der Waals surface area contributed by atoms with Crippen molar-refractivity contribution in [1.29, 1.82) is 0 Å². The minimum atomic E-state index is -0.0702. The van der Waals surface area contributed by atoms with Gasteiger partial charge in [-0.25, -0.2) is 0 Å². The predicted octanol–water partition coefficient (Wildman–Crippen LogP) is 1.77.